The van der Waals surface area contributed by atoms with Gasteiger partial charge in [-0.25, -0.2) is 19.4 Å². The summed E-state index contributed by atoms with van der Waals surface area (Å²) in [5.41, 5.74) is 1.96. The van der Waals surface area contributed by atoms with Crippen molar-refractivity contribution in [2.45, 2.75) is 32.9 Å². The molecule has 0 aliphatic carbocycles. The number of rotatable bonds is 7. The van der Waals surface area contributed by atoms with Crippen LogP contribution in [0.5, 0.6) is 0 Å². The third-order valence-electron chi connectivity index (χ3n) is 4.45. The molecule has 142 valence electrons. The summed E-state index contributed by atoms with van der Waals surface area (Å²) in [6.07, 6.45) is 7.67. The van der Waals surface area contributed by atoms with E-state index >= 15 is 0 Å². The standard InChI is InChI=1S/C19H25N7O/c1-4-10-25(12-18-21-9-11-24(18)3)19(27)23-15(2)16-5-7-17(8-6-16)26-14-20-13-22-26/h5-9,11,13-15H,4,10,12H2,1-3H3,(H,23,27). The van der Waals surface area contributed by atoms with Crippen molar-refractivity contribution in [1.29, 1.82) is 0 Å². The van der Waals surface area contributed by atoms with Crippen molar-refractivity contribution in [3.63, 3.8) is 0 Å². The highest BCUT2D eigenvalue weighted by Crippen LogP contribution is 2.16. The first kappa shape index (κ1) is 18.6. The molecule has 0 fully saturated rings. The fourth-order valence-corrected chi connectivity index (χ4v) is 2.86. The second kappa shape index (κ2) is 8.48. The third-order valence-corrected chi connectivity index (χ3v) is 4.45. The van der Waals surface area contributed by atoms with Gasteiger partial charge in [0.15, 0.2) is 0 Å². The smallest absolute Gasteiger partial charge is 0.318 e. The van der Waals surface area contributed by atoms with Crippen molar-refractivity contribution in [2.75, 3.05) is 6.54 Å². The van der Waals surface area contributed by atoms with E-state index in [1.54, 1.807) is 22.1 Å². The molecule has 0 spiro atoms. The highest BCUT2D eigenvalue weighted by Gasteiger charge is 2.18. The van der Waals surface area contributed by atoms with E-state index in [9.17, 15) is 4.79 Å². The Morgan fingerprint density at radius 2 is 2.07 bits per heavy atom. The molecule has 1 N–H and O–H groups in total. The molecule has 0 aliphatic rings. The summed E-state index contributed by atoms with van der Waals surface area (Å²) in [5.74, 6) is 0.864. The van der Waals surface area contributed by atoms with Gasteiger partial charge >= 0.3 is 6.03 Å². The van der Waals surface area contributed by atoms with Crippen molar-refractivity contribution in [3.8, 4) is 5.69 Å². The van der Waals surface area contributed by atoms with Gasteiger partial charge < -0.3 is 14.8 Å². The van der Waals surface area contributed by atoms with Crippen LogP contribution in [0.2, 0.25) is 0 Å². The van der Waals surface area contributed by atoms with E-state index in [0.29, 0.717) is 13.1 Å². The van der Waals surface area contributed by atoms with Crippen molar-refractivity contribution in [3.05, 3.63) is 60.7 Å². The number of nitrogens with zero attached hydrogens (tertiary/aromatic N) is 6. The quantitative estimate of drug-likeness (QED) is 0.696. The molecular formula is C19H25N7O. The zero-order valence-corrected chi connectivity index (χ0v) is 15.9. The minimum absolute atomic E-state index is 0.0901. The number of aryl methyl sites for hydroxylation is 1. The van der Waals surface area contributed by atoms with Gasteiger partial charge in [-0.2, -0.15) is 5.10 Å². The van der Waals surface area contributed by atoms with Gasteiger partial charge in [0.25, 0.3) is 0 Å². The van der Waals surface area contributed by atoms with Crippen LogP contribution in [0.25, 0.3) is 5.69 Å². The molecule has 1 atom stereocenters. The lowest BCUT2D eigenvalue weighted by Gasteiger charge is -2.25. The molecule has 2 amide bonds. The Bertz CT molecular complexity index is 855. The van der Waals surface area contributed by atoms with Crippen LogP contribution >= 0.6 is 0 Å². The number of benzene rings is 1. The highest BCUT2D eigenvalue weighted by molar-refractivity contribution is 5.74. The molecule has 1 aromatic carbocycles. The van der Waals surface area contributed by atoms with E-state index < -0.39 is 0 Å². The maximum Gasteiger partial charge on any atom is 0.318 e. The molecule has 3 aromatic rings. The fraction of sp³-hybridized carbons (Fsp3) is 0.368. The second-order valence-electron chi connectivity index (χ2n) is 6.48. The number of imidazole rings is 1. The van der Waals surface area contributed by atoms with Crippen LogP contribution in [-0.2, 0) is 13.6 Å². The Morgan fingerprint density at radius 1 is 1.30 bits per heavy atom. The lowest BCUT2D eigenvalue weighted by Crippen LogP contribution is -2.41. The first-order valence-electron chi connectivity index (χ1n) is 9.05. The average Bonchev–Trinajstić information content (AvgIpc) is 3.34. The van der Waals surface area contributed by atoms with Crippen molar-refractivity contribution >= 4 is 6.03 Å². The summed E-state index contributed by atoms with van der Waals surface area (Å²) < 4.78 is 3.63. The number of aromatic nitrogens is 5. The molecule has 2 aromatic heterocycles. The summed E-state index contributed by atoms with van der Waals surface area (Å²) >= 11 is 0. The van der Waals surface area contributed by atoms with Crippen LogP contribution in [0, 0.1) is 0 Å². The van der Waals surface area contributed by atoms with E-state index in [1.165, 1.54) is 6.33 Å². The average molecular weight is 367 g/mol. The molecule has 0 aliphatic heterocycles. The maximum absolute atomic E-state index is 12.8. The first-order valence-corrected chi connectivity index (χ1v) is 9.05. The lowest BCUT2D eigenvalue weighted by atomic mass is 10.1. The fourth-order valence-electron chi connectivity index (χ4n) is 2.86. The molecule has 1 unspecified atom stereocenters. The predicted molar refractivity (Wildman–Crippen MR) is 102 cm³/mol. The zero-order chi connectivity index (χ0) is 19.2. The van der Waals surface area contributed by atoms with Crippen molar-refractivity contribution in [2.24, 2.45) is 7.05 Å². The number of carbonyl (C=O) groups is 1. The summed E-state index contributed by atoms with van der Waals surface area (Å²) in [5, 5.41) is 7.20. The third kappa shape index (κ3) is 4.52. The van der Waals surface area contributed by atoms with Gasteiger partial charge in [-0.05, 0) is 31.0 Å². The molecule has 0 radical (unpaired) electrons. The number of amides is 2. The van der Waals surface area contributed by atoms with Gasteiger partial charge in [-0.1, -0.05) is 19.1 Å². The van der Waals surface area contributed by atoms with E-state index in [1.807, 2.05) is 49.0 Å². The largest absolute Gasteiger partial charge is 0.337 e. The summed E-state index contributed by atoms with van der Waals surface area (Å²) in [6, 6.07) is 7.71. The molecule has 27 heavy (non-hydrogen) atoms. The number of hydrogen-bond acceptors (Lipinski definition) is 4. The van der Waals surface area contributed by atoms with E-state index in [0.717, 1.165) is 23.5 Å². The van der Waals surface area contributed by atoms with Crippen LogP contribution < -0.4 is 5.32 Å². The van der Waals surface area contributed by atoms with E-state index in [-0.39, 0.29) is 12.1 Å². The van der Waals surface area contributed by atoms with Crippen LogP contribution in [0.3, 0.4) is 0 Å². The van der Waals surface area contributed by atoms with Gasteiger partial charge in [0.05, 0.1) is 18.3 Å². The molecular weight excluding hydrogens is 342 g/mol. The second-order valence-corrected chi connectivity index (χ2v) is 6.48. The Balaban J connectivity index is 1.65. The van der Waals surface area contributed by atoms with Crippen LogP contribution in [0.1, 0.15) is 37.7 Å². The summed E-state index contributed by atoms with van der Waals surface area (Å²) in [7, 11) is 1.93. The molecule has 3 rings (SSSR count). The molecule has 0 bridgehead atoms. The van der Waals surface area contributed by atoms with Crippen molar-refractivity contribution < 1.29 is 4.79 Å². The molecule has 8 heteroatoms. The van der Waals surface area contributed by atoms with Gasteiger partial charge in [0.1, 0.15) is 18.5 Å². The SMILES string of the molecule is CCCN(Cc1nccn1C)C(=O)NC(C)c1ccc(-n2cncn2)cc1. The molecule has 0 saturated carbocycles. The van der Waals surface area contributed by atoms with Gasteiger partial charge in [-0.3, -0.25) is 0 Å². The molecule has 0 saturated heterocycles. The highest BCUT2D eigenvalue weighted by atomic mass is 16.2. The number of urea groups is 1. The van der Waals surface area contributed by atoms with Gasteiger partial charge in [-0.15, -0.1) is 0 Å². The van der Waals surface area contributed by atoms with Crippen LogP contribution in [-0.4, -0.2) is 41.8 Å². The van der Waals surface area contributed by atoms with E-state index in [2.05, 4.69) is 27.3 Å². The number of nitrogens with one attached hydrogen (secondary N) is 1. The Labute approximate surface area is 158 Å². The van der Waals surface area contributed by atoms with Gasteiger partial charge in [0.2, 0.25) is 0 Å². The Morgan fingerprint density at radius 3 is 2.67 bits per heavy atom. The molecule has 2 heterocycles. The maximum atomic E-state index is 12.8. The van der Waals surface area contributed by atoms with Crippen LogP contribution in [0.15, 0.2) is 49.3 Å². The number of carbonyl (C=O) groups excluding carboxylic acids is 1. The topological polar surface area (TPSA) is 80.9 Å². The predicted octanol–water partition coefficient (Wildman–Crippen LogP) is 2.68. The molecule has 8 nitrogen and oxygen atoms in total. The van der Waals surface area contributed by atoms with Crippen molar-refractivity contribution in [1.82, 2.24) is 34.5 Å². The number of hydrogen-bond donors (Lipinski definition) is 1. The normalized spacial score (nSPS) is 12.0. The zero-order valence-electron chi connectivity index (χ0n) is 15.9. The Kier molecular flexibility index (Phi) is 5.85. The van der Waals surface area contributed by atoms with Crippen LogP contribution in [0.4, 0.5) is 4.79 Å². The minimum atomic E-state index is -0.108. The summed E-state index contributed by atoms with van der Waals surface area (Å²) in [4.78, 5) is 22.8. The summed E-state index contributed by atoms with van der Waals surface area (Å²) in [6.45, 7) is 5.20. The van der Waals surface area contributed by atoms with E-state index in [4.69, 9.17) is 0 Å². The first-order chi connectivity index (χ1) is 13.1. The van der Waals surface area contributed by atoms with Gasteiger partial charge in [0, 0.05) is 26.0 Å². The lowest BCUT2D eigenvalue weighted by molar-refractivity contribution is 0.190. The Hall–Kier alpha value is -3.16. The monoisotopic (exact) mass is 367 g/mol. The minimum Gasteiger partial charge on any atom is -0.337 e.